The Bertz CT molecular complexity index is 457. The Morgan fingerprint density at radius 3 is 2.78 bits per heavy atom. The van der Waals surface area contributed by atoms with Crippen LogP contribution >= 0.6 is 23.2 Å². The van der Waals surface area contributed by atoms with Gasteiger partial charge in [-0.05, 0) is 32.4 Å². The van der Waals surface area contributed by atoms with Crippen LogP contribution in [0.5, 0.6) is 5.75 Å². The van der Waals surface area contributed by atoms with E-state index in [1.165, 1.54) is 0 Å². The van der Waals surface area contributed by atoms with Crippen molar-refractivity contribution < 1.29 is 9.53 Å². The quantitative estimate of drug-likeness (QED) is 0.864. The van der Waals surface area contributed by atoms with Crippen molar-refractivity contribution in [2.24, 2.45) is 0 Å². The van der Waals surface area contributed by atoms with E-state index in [9.17, 15) is 4.79 Å². The molecule has 5 heteroatoms. The first-order valence-electron chi connectivity index (χ1n) is 6.03. The highest BCUT2D eigenvalue weighted by molar-refractivity contribution is 6.42. The lowest BCUT2D eigenvalue weighted by Gasteiger charge is -2.14. The molecule has 0 spiro atoms. The molecule has 1 N–H and O–H groups in total. The Morgan fingerprint density at radius 1 is 1.44 bits per heavy atom. The standard InChI is InChI=1S/C13H15Cl2NO2/c1-2-18-12-7-10(15)9(14)6-8(12)13(17)11-4-3-5-16-11/h6-7,11,16H,2-5H2,1H3. The molecular formula is C13H15Cl2NO2. The Morgan fingerprint density at radius 2 is 2.17 bits per heavy atom. The molecule has 0 aliphatic carbocycles. The number of rotatable bonds is 4. The van der Waals surface area contributed by atoms with Gasteiger partial charge < -0.3 is 10.1 Å². The van der Waals surface area contributed by atoms with Crippen molar-refractivity contribution in [3.05, 3.63) is 27.7 Å². The molecule has 1 atom stereocenters. The summed E-state index contributed by atoms with van der Waals surface area (Å²) in [5.41, 5.74) is 0.505. The van der Waals surface area contributed by atoms with Gasteiger partial charge in [-0.2, -0.15) is 0 Å². The van der Waals surface area contributed by atoms with Crippen molar-refractivity contribution >= 4 is 29.0 Å². The van der Waals surface area contributed by atoms with E-state index in [1.54, 1.807) is 12.1 Å². The van der Waals surface area contributed by atoms with Gasteiger partial charge in [0.1, 0.15) is 5.75 Å². The van der Waals surface area contributed by atoms with Crippen LogP contribution < -0.4 is 10.1 Å². The maximum Gasteiger partial charge on any atom is 0.183 e. The van der Waals surface area contributed by atoms with Gasteiger partial charge in [0.2, 0.25) is 0 Å². The maximum atomic E-state index is 12.4. The van der Waals surface area contributed by atoms with Gasteiger partial charge in [-0.15, -0.1) is 0 Å². The molecule has 0 amide bonds. The van der Waals surface area contributed by atoms with Crippen LogP contribution in [0.4, 0.5) is 0 Å². The van der Waals surface area contributed by atoms with Crippen molar-refractivity contribution in [1.82, 2.24) is 5.32 Å². The molecular weight excluding hydrogens is 273 g/mol. The molecule has 3 nitrogen and oxygen atoms in total. The minimum absolute atomic E-state index is 0.0227. The monoisotopic (exact) mass is 287 g/mol. The zero-order valence-electron chi connectivity index (χ0n) is 10.1. The summed E-state index contributed by atoms with van der Waals surface area (Å²) in [5.74, 6) is 0.528. The summed E-state index contributed by atoms with van der Waals surface area (Å²) in [7, 11) is 0. The summed E-state index contributed by atoms with van der Waals surface area (Å²) in [5, 5.41) is 3.95. The van der Waals surface area contributed by atoms with E-state index >= 15 is 0 Å². The lowest BCUT2D eigenvalue weighted by atomic mass is 10.0. The van der Waals surface area contributed by atoms with E-state index in [1.807, 2.05) is 6.92 Å². The van der Waals surface area contributed by atoms with Gasteiger partial charge in [-0.25, -0.2) is 0 Å². The molecule has 18 heavy (non-hydrogen) atoms. The van der Waals surface area contributed by atoms with Gasteiger partial charge in [-0.3, -0.25) is 4.79 Å². The number of carbonyl (C=O) groups is 1. The van der Waals surface area contributed by atoms with E-state index in [0.29, 0.717) is 28.0 Å². The molecule has 0 radical (unpaired) electrons. The molecule has 2 rings (SSSR count). The van der Waals surface area contributed by atoms with Gasteiger partial charge in [0, 0.05) is 6.07 Å². The Balaban J connectivity index is 2.34. The SMILES string of the molecule is CCOc1cc(Cl)c(Cl)cc1C(=O)C1CCCN1. The Labute approximate surface area is 116 Å². The number of carbonyl (C=O) groups excluding carboxylic acids is 1. The summed E-state index contributed by atoms with van der Waals surface area (Å²) in [6.07, 6.45) is 1.87. The topological polar surface area (TPSA) is 38.3 Å². The van der Waals surface area contributed by atoms with Crippen LogP contribution in [-0.4, -0.2) is 25.0 Å². The molecule has 0 saturated carbocycles. The van der Waals surface area contributed by atoms with E-state index < -0.39 is 0 Å². The first kappa shape index (κ1) is 13.7. The fourth-order valence-corrected chi connectivity index (χ4v) is 2.41. The van der Waals surface area contributed by atoms with Crippen LogP contribution in [0.3, 0.4) is 0 Å². The molecule has 0 aromatic heterocycles. The first-order chi connectivity index (χ1) is 8.63. The smallest absolute Gasteiger partial charge is 0.183 e. The van der Waals surface area contributed by atoms with Crippen LogP contribution in [0, 0.1) is 0 Å². The third-order valence-corrected chi connectivity index (χ3v) is 3.69. The van der Waals surface area contributed by atoms with Crippen molar-refractivity contribution in [3.63, 3.8) is 0 Å². The summed E-state index contributed by atoms with van der Waals surface area (Å²) in [6.45, 7) is 3.22. The van der Waals surface area contributed by atoms with Crippen molar-refractivity contribution in [2.75, 3.05) is 13.2 Å². The summed E-state index contributed by atoms with van der Waals surface area (Å²) >= 11 is 11.9. The second-order valence-corrected chi connectivity index (χ2v) is 5.02. The molecule has 1 aromatic rings. The number of ketones is 1. The van der Waals surface area contributed by atoms with E-state index in [-0.39, 0.29) is 11.8 Å². The van der Waals surface area contributed by atoms with E-state index in [0.717, 1.165) is 19.4 Å². The number of nitrogens with one attached hydrogen (secondary N) is 1. The molecule has 1 saturated heterocycles. The average molecular weight is 288 g/mol. The number of Topliss-reactive ketones (excluding diaryl/α,β-unsaturated/α-hetero) is 1. The average Bonchev–Trinajstić information content (AvgIpc) is 2.86. The number of ether oxygens (including phenoxy) is 1. The number of halogens is 2. The fraction of sp³-hybridized carbons (Fsp3) is 0.462. The second kappa shape index (κ2) is 5.91. The summed E-state index contributed by atoms with van der Waals surface area (Å²) in [6, 6.07) is 3.06. The van der Waals surface area contributed by atoms with Gasteiger partial charge in [0.15, 0.2) is 5.78 Å². The normalized spacial score (nSPS) is 18.9. The highest BCUT2D eigenvalue weighted by Gasteiger charge is 2.26. The number of hydrogen-bond acceptors (Lipinski definition) is 3. The second-order valence-electron chi connectivity index (χ2n) is 4.21. The minimum Gasteiger partial charge on any atom is -0.493 e. The van der Waals surface area contributed by atoms with E-state index in [4.69, 9.17) is 27.9 Å². The third kappa shape index (κ3) is 2.79. The molecule has 98 valence electrons. The van der Waals surface area contributed by atoms with E-state index in [2.05, 4.69) is 5.32 Å². The largest absolute Gasteiger partial charge is 0.493 e. The van der Waals surface area contributed by atoms with Gasteiger partial charge >= 0.3 is 0 Å². The van der Waals surface area contributed by atoms with Crippen molar-refractivity contribution in [2.45, 2.75) is 25.8 Å². The lowest BCUT2D eigenvalue weighted by Crippen LogP contribution is -2.31. The van der Waals surface area contributed by atoms with Gasteiger partial charge in [0.05, 0.1) is 28.3 Å². The molecule has 1 fully saturated rings. The molecule has 1 aliphatic heterocycles. The predicted molar refractivity (Wildman–Crippen MR) is 73.0 cm³/mol. The number of hydrogen-bond donors (Lipinski definition) is 1. The highest BCUT2D eigenvalue weighted by Crippen LogP contribution is 2.32. The van der Waals surface area contributed by atoms with Crippen molar-refractivity contribution in [3.8, 4) is 5.75 Å². The highest BCUT2D eigenvalue weighted by atomic mass is 35.5. The fourth-order valence-electron chi connectivity index (χ4n) is 2.09. The zero-order chi connectivity index (χ0) is 13.1. The molecule has 1 aromatic carbocycles. The molecule has 0 bridgehead atoms. The van der Waals surface area contributed by atoms with Crippen LogP contribution in [0.25, 0.3) is 0 Å². The van der Waals surface area contributed by atoms with Gasteiger partial charge in [-0.1, -0.05) is 23.2 Å². The predicted octanol–water partition coefficient (Wildman–Crippen LogP) is 3.33. The summed E-state index contributed by atoms with van der Waals surface area (Å²) < 4.78 is 5.46. The zero-order valence-corrected chi connectivity index (χ0v) is 11.6. The Kier molecular flexibility index (Phi) is 4.49. The van der Waals surface area contributed by atoms with Crippen LogP contribution in [-0.2, 0) is 0 Å². The van der Waals surface area contributed by atoms with Crippen LogP contribution in [0.1, 0.15) is 30.1 Å². The number of benzene rings is 1. The van der Waals surface area contributed by atoms with Gasteiger partial charge in [0.25, 0.3) is 0 Å². The first-order valence-corrected chi connectivity index (χ1v) is 6.78. The maximum absolute atomic E-state index is 12.4. The summed E-state index contributed by atoms with van der Waals surface area (Å²) in [4.78, 5) is 12.4. The minimum atomic E-state index is -0.138. The lowest BCUT2D eigenvalue weighted by molar-refractivity contribution is 0.0948. The third-order valence-electron chi connectivity index (χ3n) is 2.96. The molecule has 1 heterocycles. The molecule has 1 aliphatic rings. The Hall–Kier alpha value is -0.770. The van der Waals surface area contributed by atoms with Crippen LogP contribution in [0.15, 0.2) is 12.1 Å². The molecule has 1 unspecified atom stereocenters. The van der Waals surface area contributed by atoms with Crippen LogP contribution in [0.2, 0.25) is 10.0 Å². The van der Waals surface area contributed by atoms with Crippen molar-refractivity contribution in [1.29, 1.82) is 0 Å².